The minimum absolute atomic E-state index is 0.0211. The van der Waals surface area contributed by atoms with Gasteiger partial charge in [0.1, 0.15) is 42.2 Å². The highest BCUT2D eigenvalue weighted by Gasteiger charge is 2.63. The predicted molar refractivity (Wildman–Crippen MR) is 242 cm³/mol. The van der Waals surface area contributed by atoms with E-state index in [1.165, 1.54) is 11.0 Å². The van der Waals surface area contributed by atoms with Gasteiger partial charge in [-0.05, 0) is 101 Å². The number of pyridine rings is 1. The van der Waals surface area contributed by atoms with Gasteiger partial charge in [0.15, 0.2) is 0 Å². The smallest absolute Gasteiger partial charge is 0.408 e. The van der Waals surface area contributed by atoms with E-state index in [9.17, 15) is 22.8 Å². The molecule has 3 aromatic rings. The molecule has 4 amide bonds. The summed E-state index contributed by atoms with van der Waals surface area (Å²) in [6.07, 6.45) is 9.38. The molecule has 64 heavy (non-hydrogen) atoms. The molecule has 2 heterocycles. The van der Waals surface area contributed by atoms with Crippen molar-refractivity contribution in [3.05, 3.63) is 78.4 Å². The molecule has 3 N–H and O–H groups in total. The summed E-state index contributed by atoms with van der Waals surface area (Å²) in [6.45, 7) is 9.84. The SMILES string of the molecule is C=C[C@@H]1C[C@]1(NC(=O)[C@@H]1C[C@@H](Oc2nc3ccccc3c(OCc3ccccc3)c2CC)CN1C(=O)[C@@H](NC(=O)O[C@@H]1CCC[C@H]1CCC)C1CCCC1)C(=O)NS(=O)(=O)C1(C)CC1. The number of aromatic nitrogens is 1. The highest BCUT2D eigenvalue weighted by Crippen LogP contribution is 2.47. The Morgan fingerprint density at radius 1 is 0.984 bits per heavy atom. The number of likely N-dealkylation sites (tertiary alicyclic amines) is 1. The topological polar surface area (TPSA) is 182 Å². The molecule has 1 aliphatic heterocycles. The molecule has 2 aromatic carbocycles. The number of carbonyl (C=O) groups excluding carboxylic acids is 4. The number of nitrogens with one attached hydrogen (secondary N) is 3. The molecule has 14 nitrogen and oxygen atoms in total. The number of hydrogen-bond donors (Lipinski definition) is 3. The maximum atomic E-state index is 15.1. The molecule has 0 unspecified atom stereocenters. The quantitative estimate of drug-likeness (QED) is 0.112. The second kappa shape index (κ2) is 18.7. The number of fused-ring (bicyclic) bond motifs is 1. The number of para-hydroxylation sites is 1. The zero-order valence-electron chi connectivity index (χ0n) is 37.3. The lowest BCUT2D eigenvalue weighted by Gasteiger charge is -2.32. The molecule has 4 aliphatic carbocycles. The lowest BCUT2D eigenvalue weighted by Crippen LogP contribution is -2.59. The third kappa shape index (κ3) is 9.32. The Balaban J connectivity index is 1.09. The van der Waals surface area contributed by atoms with Gasteiger partial charge in [-0.15, -0.1) is 6.58 Å². The second-order valence-corrected chi connectivity index (χ2v) is 21.0. The summed E-state index contributed by atoms with van der Waals surface area (Å²) >= 11 is 0. The minimum atomic E-state index is -4.02. The van der Waals surface area contributed by atoms with Crippen LogP contribution in [-0.4, -0.2) is 83.2 Å². The first-order chi connectivity index (χ1) is 30.8. The molecule has 7 atom stereocenters. The van der Waals surface area contributed by atoms with Crippen LogP contribution in [0.15, 0.2) is 67.3 Å². The van der Waals surface area contributed by atoms with Crippen molar-refractivity contribution in [3.8, 4) is 11.6 Å². The lowest BCUT2D eigenvalue weighted by atomic mass is 9.96. The van der Waals surface area contributed by atoms with Crippen LogP contribution in [0, 0.1) is 17.8 Å². The molecule has 1 saturated heterocycles. The maximum absolute atomic E-state index is 15.1. The fourth-order valence-corrected chi connectivity index (χ4v) is 11.5. The number of hydrogen-bond acceptors (Lipinski definition) is 10. The van der Waals surface area contributed by atoms with E-state index in [1.807, 2.05) is 61.5 Å². The Labute approximate surface area is 376 Å². The average Bonchev–Trinajstić information content (AvgIpc) is 3.91. The number of sulfonamides is 1. The first kappa shape index (κ1) is 45.4. The van der Waals surface area contributed by atoms with Gasteiger partial charge in [-0.3, -0.25) is 19.1 Å². The van der Waals surface area contributed by atoms with Gasteiger partial charge in [0, 0.05) is 17.7 Å². The van der Waals surface area contributed by atoms with Gasteiger partial charge in [0.2, 0.25) is 27.7 Å². The first-order valence-corrected chi connectivity index (χ1v) is 24.8. The molecule has 15 heteroatoms. The normalized spacial score (nSPS) is 26.5. The molecule has 0 radical (unpaired) electrons. The third-order valence-electron chi connectivity index (χ3n) is 14.4. The van der Waals surface area contributed by atoms with E-state index in [0.29, 0.717) is 55.9 Å². The molecule has 5 fully saturated rings. The molecule has 4 saturated carbocycles. The fourth-order valence-electron chi connectivity index (χ4n) is 10.2. The number of amides is 4. The van der Waals surface area contributed by atoms with E-state index in [1.54, 1.807) is 6.92 Å². The summed E-state index contributed by atoms with van der Waals surface area (Å²) in [5.74, 6) is -1.41. The number of rotatable bonds is 18. The molecular weight excluding hydrogens is 835 g/mol. The van der Waals surface area contributed by atoms with Crippen molar-refractivity contribution in [1.82, 2.24) is 25.2 Å². The van der Waals surface area contributed by atoms with E-state index in [4.69, 9.17) is 19.2 Å². The van der Waals surface area contributed by atoms with Gasteiger partial charge in [-0.25, -0.2) is 18.2 Å². The highest BCUT2D eigenvalue weighted by molar-refractivity contribution is 7.91. The van der Waals surface area contributed by atoms with Gasteiger partial charge in [-0.2, -0.15) is 0 Å². The van der Waals surface area contributed by atoms with Gasteiger partial charge < -0.3 is 29.7 Å². The van der Waals surface area contributed by atoms with Crippen molar-refractivity contribution in [2.75, 3.05) is 6.54 Å². The first-order valence-electron chi connectivity index (χ1n) is 23.3. The fraction of sp³-hybridized carbons (Fsp3) is 0.571. The Kier molecular flexibility index (Phi) is 13.3. The number of benzene rings is 2. The lowest BCUT2D eigenvalue weighted by molar-refractivity contribution is -0.142. The summed E-state index contributed by atoms with van der Waals surface area (Å²) in [5, 5.41) is 6.68. The Bertz CT molecular complexity index is 2350. The highest BCUT2D eigenvalue weighted by atomic mass is 32.2. The molecule has 1 aromatic heterocycles. The molecule has 5 aliphatic rings. The molecule has 0 spiro atoms. The molecule has 8 rings (SSSR count). The Morgan fingerprint density at radius 3 is 2.41 bits per heavy atom. The summed E-state index contributed by atoms with van der Waals surface area (Å²) in [6, 6.07) is 15.4. The largest absolute Gasteiger partial charge is 0.488 e. The van der Waals surface area contributed by atoms with Crippen LogP contribution in [0.2, 0.25) is 0 Å². The maximum Gasteiger partial charge on any atom is 0.408 e. The van der Waals surface area contributed by atoms with Gasteiger partial charge >= 0.3 is 6.09 Å². The van der Waals surface area contributed by atoms with E-state index in [0.717, 1.165) is 61.5 Å². The average molecular weight is 898 g/mol. The van der Waals surface area contributed by atoms with Crippen molar-refractivity contribution < 1.29 is 41.8 Å². The van der Waals surface area contributed by atoms with Crippen LogP contribution in [0.5, 0.6) is 11.6 Å². The predicted octanol–water partition coefficient (Wildman–Crippen LogP) is 7.04. The monoisotopic (exact) mass is 897 g/mol. The van der Waals surface area contributed by atoms with Crippen LogP contribution >= 0.6 is 0 Å². The van der Waals surface area contributed by atoms with Gasteiger partial charge in [-0.1, -0.05) is 81.7 Å². The van der Waals surface area contributed by atoms with Gasteiger partial charge in [0.05, 0.1) is 22.4 Å². The summed E-state index contributed by atoms with van der Waals surface area (Å²) < 4.78 is 46.9. The summed E-state index contributed by atoms with van der Waals surface area (Å²) in [5.41, 5.74) is 0.798. The van der Waals surface area contributed by atoms with Crippen molar-refractivity contribution in [2.45, 2.75) is 152 Å². The number of alkyl carbamates (subject to hydrolysis) is 1. The summed E-state index contributed by atoms with van der Waals surface area (Å²) in [7, 11) is -4.02. The van der Waals surface area contributed by atoms with E-state index < -0.39 is 68.2 Å². The van der Waals surface area contributed by atoms with Crippen LogP contribution in [0.1, 0.15) is 115 Å². The Morgan fingerprint density at radius 2 is 1.72 bits per heavy atom. The van der Waals surface area contributed by atoms with Crippen molar-refractivity contribution in [2.24, 2.45) is 17.8 Å². The molecular formula is C49H63N5O9S. The number of nitrogens with zero attached hydrogens (tertiary/aromatic N) is 2. The van der Waals surface area contributed by atoms with E-state index >= 15 is 4.79 Å². The standard InChI is InChI=1S/C49H63N5O9S/c1-5-16-32-21-15-24-40(32)63-47(58)51-41(33-19-11-12-20-33)45(56)54-29-35(27-39(54)43(55)52-49(28-34(49)6-2)46(57)53-64(59,60)48(4)25-26-48)62-44-36(7-3)42(37-22-13-14-23-38(37)50-44)61-30-31-17-9-8-10-18-31/h6,8-10,13-14,17-18,22-23,32-35,39-41H,2,5,7,11-12,15-16,19-21,24-30H2,1,3-4H3,(H,51,58)(H,52,55)(H,53,57)/t32-,34-,35-,39+,40-,41+,49-/m1/s1. The van der Waals surface area contributed by atoms with Gasteiger partial charge in [0.25, 0.3) is 5.91 Å². The van der Waals surface area contributed by atoms with Crippen LogP contribution in [0.4, 0.5) is 4.79 Å². The van der Waals surface area contributed by atoms with Crippen LogP contribution in [-0.2, 0) is 42.2 Å². The van der Waals surface area contributed by atoms with Crippen molar-refractivity contribution >= 4 is 44.7 Å². The van der Waals surface area contributed by atoms with Crippen LogP contribution < -0.4 is 24.8 Å². The minimum Gasteiger partial charge on any atom is -0.488 e. The Hall–Kier alpha value is -5.18. The van der Waals surface area contributed by atoms with Crippen molar-refractivity contribution in [1.29, 1.82) is 0 Å². The molecule has 0 bridgehead atoms. The van der Waals surface area contributed by atoms with E-state index in [-0.39, 0.29) is 37.3 Å². The van der Waals surface area contributed by atoms with E-state index in [2.05, 4.69) is 28.9 Å². The number of ether oxygens (including phenoxy) is 3. The number of carbonyl (C=O) groups is 4. The van der Waals surface area contributed by atoms with Crippen LogP contribution in [0.25, 0.3) is 10.9 Å². The zero-order valence-corrected chi connectivity index (χ0v) is 38.1. The van der Waals surface area contributed by atoms with Crippen molar-refractivity contribution in [3.63, 3.8) is 0 Å². The third-order valence-corrected chi connectivity index (χ3v) is 16.6. The zero-order chi connectivity index (χ0) is 45.2. The van der Waals surface area contributed by atoms with Crippen LogP contribution in [0.3, 0.4) is 0 Å². The summed E-state index contributed by atoms with van der Waals surface area (Å²) in [4.78, 5) is 63.8. The second-order valence-electron chi connectivity index (χ2n) is 18.8. The molecule has 344 valence electrons.